The lowest BCUT2D eigenvalue weighted by Crippen LogP contribution is -2.44. The first-order valence-corrected chi connectivity index (χ1v) is 10.1. The molecule has 2 aliphatic rings. The molecule has 8 nitrogen and oxygen atoms in total. The fraction of sp³-hybridized carbons (Fsp3) is 0.333. The minimum Gasteiger partial charge on any atom is -0.508 e. The van der Waals surface area contributed by atoms with Crippen molar-refractivity contribution >= 4 is 17.5 Å². The number of phenols is 2. The Kier molecular flexibility index (Phi) is 5.13. The number of carbonyl (C=O) groups is 2. The highest BCUT2D eigenvalue weighted by atomic mass is 16.6. The number of benzene rings is 2. The SMILES string of the molecule is COC(=O)[C@]1(Cc2ccc(O)c(C[C@@H]3OC3(C)C)c2)OC(=O)C(O)=C1c1ccc(O)cc1. The predicted molar refractivity (Wildman–Crippen MR) is 113 cm³/mol. The van der Waals surface area contributed by atoms with Gasteiger partial charge in [0.2, 0.25) is 11.4 Å². The maximum atomic E-state index is 12.9. The number of aromatic hydroxyl groups is 2. The average molecular weight is 440 g/mol. The number of carbonyl (C=O) groups excluding carboxylic acids is 2. The zero-order valence-corrected chi connectivity index (χ0v) is 17.9. The molecule has 0 aliphatic carbocycles. The van der Waals surface area contributed by atoms with Gasteiger partial charge in [-0.2, -0.15) is 0 Å². The number of aliphatic hydroxyl groups excluding tert-OH is 1. The first-order chi connectivity index (χ1) is 15.1. The zero-order chi connectivity index (χ0) is 23.3. The van der Waals surface area contributed by atoms with E-state index < -0.39 is 23.3 Å². The Labute approximate surface area is 184 Å². The summed E-state index contributed by atoms with van der Waals surface area (Å²) in [7, 11) is 1.16. The second-order valence-electron chi connectivity index (χ2n) is 8.53. The van der Waals surface area contributed by atoms with Crippen molar-refractivity contribution in [2.75, 3.05) is 7.11 Å². The molecule has 0 amide bonds. The lowest BCUT2D eigenvalue weighted by molar-refractivity contribution is -0.169. The van der Waals surface area contributed by atoms with Gasteiger partial charge in [0.15, 0.2) is 0 Å². The summed E-state index contributed by atoms with van der Waals surface area (Å²) in [5.74, 6) is -2.54. The molecule has 2 aliphatic heterocycles. The van der Waals surface area contributed by atoms with E-state index in [2.05, 4.69) is 0 Å². The zero-order valence-electron chi connectivity index (χ0n) is 17.9. The van der Waals surface area contributed by atoms with Crippen LogP contribution in [0.3, 0.4) is 0 Å². The third kappa shape index (κ3) is 3.67. The van der Waals surface area contributed by atoms with Gasteiger partial charge in [0.1, 0.15) is 11.5 Å². The molecule has 0 bridgehead atoms. The quantitative estimate of drug-likeness (QED) is 0.462. The third-order valence-corrected chi connectivity index (χ3v) is 5.94. The molecule has 1 saturated heterocycles. The summed E-state index contributed by atoms with van der Waals surface area (Å²) in [6, 6.07) is 10.5. The maximum absolute atomic E-state index is 12.9. The summed E-state index contributed by atoms with van der Waals surface area (Å²) < 4.78 is 16.0. The van der Waals surface area contributed by atoms with Crippen molar-refractivity contribution in [3.63, 3.8) is 0 Å². The number of esters is 2. The van der Waals surface area contributed by atoms with Crippen LogP contribution in [0.2, 0.25) is 0 Å². The molecule has 2 heterocycles. The maximum Gasteiger partial charge on any atom is 0.375 e. The van der Waals surface area contributed by atoms with Gasteiger partial charge in [0.25, 0.3) is 0 Å². The molecular formula is C24H24O8. The highest BCUT2D eigenvalue weighted by Crippen LogP contribution is 2.44. The van der Waals surface area contributed by atoms with Crippen LogP contribution < -0.4 is 0 Å². The number of hydrogen-bond acceptors (Lipinski definition) is 8. The fourth-order valence-electron chi connectivity index (χ4n) is 4.07. The summed E-state index contributed by atoms with van der Waals surface area (Å²) in [6.45, 7) is 3.92. The van der Waals surface area contributed by atoms with Gasteiger partial charge in [-0.1, -0.05) is 24.3 Å². The highest BCUT2D eigenvalue weighted by Gasteiger charge is 2.55. The van der Waals surface area contributed by atoms with Gasteiger partial charge >= 0.3 is 11.9 Å². The van der Waals surface area contributed by atoms with Crippen LogP contribution in [0.4, 0.5) is 0 Å². The Morgan fingerprint density at radius 1 is 1.09 bits per heavy atom. The van der Waals surface area contributed by atoms with E-state index in [-0.39, 0.29) is 35.2 Å². The summed E-state index contributed by atoms with van der Waals surface area (Å²) >= 11 is 0. The van der Waals surface area contributed by atoms with Gasteiger partial charge < -0.3 is 29.5 Å². The van der Waals surface area contributed by atoms with Gasteiger partial charge in [0.05, 0.1) is 24.4 Å². The largest absolute Gasteiger partial charge is 0.508 e. The van der Waals surface area contributed by atoms with Crippen LogP contribution in [-0.2, 0) is 36.6 Å². The third-order valence-electron chi connectivity index (χ3n) is 5.94. The van der Waals surface area contributed by atoms with E-state index in [1.807, 2.05) is 13.8 Å². The van der Waals surface area contributed by atoms with Crippen molar-refractivity contribution in [2.45, 2.75) is 44.0 Å². The van der Waals surface area contributed by atoms with Crippen LogP contribution in [0.1, 0.15) is 30.5 Å². The monoisotopic (exact) mass is 440 g/mol. The van der Waals surface area contributed by atoms with Crippen molar-refractivity contribution < 1.29 is 39.1 Å². The van der Waals surface area contributed by atoms with Gasteiger partial charge in [-0.15, -0.1) is 0 Å². The highest BCUT2D eigenvalue weighted by molar-refractivity contribution is 6.11. The summed E-state index contributed by atoms with van der Waals surface area (Å²) in [6.07, 6.45) is 0.302. The second kappa shape index (κ2) is 7.56. The van der Waals surface area contributed by atoms with Crippen LogP contribution in [0.25, 0.3) is 5.57 Å². The Balaban J connectivity index is 1.75. The first-order valence-electron chi connectivity index (χ1n) is 10.1. The molecular weight excluding hydrogens is 416 g/mol. The van der Waals surface area contributed by atoms with E-state index in [4.69, 9.17) is 14.2 Å². The topological polar surface area (TPSA) is 126 Å². The van der Waals surface area contributed by atoms with Crippen LogP contribution >= 0.6 is 0 Å². The number of cyclic esters (lactones) is 1. The number of methoxy groups -OCH3 is 1. The van der Waals surface area contributed by atoms with E-state index in [9.17, 15) is 24.9 Å². The molecule has 0 saturated carbocycles. The van der Waals surface area contributed by atoms with Crippen LogP contribution in [0, 0.1) is 0 Å². The van der Waals surface area contributed by atoms with Crippen LogP contribution in [0.15, 0.2) is 48.2 Å². The number of epoxide rings is 1. The predicted octanol–water partition coefficient (Wildman–Crippen LogP) is 2.80. The van der Waals surface area contributed by atoms with Gasteiger partial charge in [0, 0.05) is 12.8 Å². The molecule has 2 atom stereocenters. The number of rotatable bonds is 6. The molecule has 0 radical (unpaired) electrons. The van der Waals surface area contributed by atoms with E-state index in [0.29, 0.717) is 23.1 Å². The summed E-state index contributed by atoms with van der Waals surface area (Å²) in [5.41, 5.74) is -0.713. The number of ether oxygens (including phenoxy) is 3. The normalized spacial score (nSPS) is 23.7. The Morgan fingerprint density at radius 3 is 2.34 bits per heavy atom. The van der Waals surface area contributed by atoms with E-state index in [1.54, 1.807) is 12.1 Å². The molecule has 1 fully saturated rings. The van der Waals surface area contributed by atoms with E-state index in [1.165, 1.54) is 30.3 Å². The van der Waals surface area contributed by atoms with Gasteiger partial charge in [-0.3, -0.25) is 0 Å². The molecule has 3 N–H and O–H groups in total. The molecule has 0 unspecified atom stereocenters. The lowest BCUT2D eigenvalue weighted by atomic mass is 9.82. The van der Waals surface area contributed by atoms with Crippen molar-refractivity contribution in [3.8, 4) is 11.5 Å². The molecule has 8 heteroatoms. The lowest BCUT2D eigenvalue weighted by Gasteiger charge is -2.28. The standard InChI is InChI=1S/C24H24O8/c1-23(2)18(31-23)11-15-10-13(4-9-17(15)26)12-24(22(29)30-3)19(20(27)21(28)32-24)14-5-7-16(25)8-6-14/h4-10,18,25-27H,11-12H2,1-3H3/t18-,24+/m0/s1. The van der Waals surface area contributed by atoms with Crippen LogP contribution in [0.5, 0.6) is 11.5 Å². The fourth-order valence-corrected chi connectivity index (χ4v) is 4.07. The molecule has 2 aromatic carbocycles. The Hall–Kier alpha value is -3.52. The van der Waals surface area contributed by atoms with Crippen molar-refractivity contribution in [3.05, 3.63) is 64.9 Å². The number of hydrogen-bond donors (Lipinski definition) is 3. The first kappa shape index (κ1) is 21.7. The Morgan fingerprint density at radius 2 is 1.75 bits per heavy atom. The summed E-state index contributed by atoms with van der Waals surface area (Å²) in [5, 5.41) is 30.4. The minimum absolute atomic E-state index is 0.0175. The molecule has 0 spiro atoms. The van der Waals surface area contributed by atoms with Crippen molar-refractivity contribution in [1.82, 2.24) is 0 Å². The second-order valence-corrected chi connectivity index (χ2v) is 8.53. The van der Waals surface area contributed by atoms with Crippen molar-refractivity contribution in [1.29, 1.82) is 0 Å². The van der Waals surface area contributed by atoms with Gasteiger partial charge in [-0.25, -0.2) is 9.59 Å². The van der Waals surface area contributed by atoms with Crippen molar-refractivity contribution in [2.24, 2.45) is 0 Å². The molecule has 168 valence electrons. The molecule has 32 heavy (non-hydrogen) atoms. The average Bonchev–Trinajstić information content (AvgIpc) is 3.27. The number of aliphatic hydroxyl groups is 1. The smallest absolute Gasteiger partial charge is 0.375 e. The van der Waals surface area contributed by atoms with E-state index >= 15 is 0 Å². The van der Waals surface area contributed by atoms with Crippen LogP contribution in [-0.4, -0.2) is 51.7 Å². The van der Waals surface area contributed by atoms with Gasteiger partial charge in [-0.05, 0) is 48.7 Å². The van der Waals surface area contributed by atoms with E-state index in [0.717, 1.165) is 7.11 Å². The molecule has 4 rings (SSSR count). The summed E-state index contributed by atoms with van der Waals surface area (Å²) in [4.78, 5) is 25.3. The molecule has 0 aromatic heterocycles. The molecule has 2 aromatic rings. The Bertz CT molecular complexity index is 1120. The minimum atomic E-state index is -1.93. The number of phenolic OH excluding ortho intramolecular Hbond substituents is 2.